The van der Waals surface area contributed by atoms with Crippen molar-refractivity contribution in [2.75, 3.05) is 11.9 Å². The highest BCUT2D eigenvalue weighted by molar-refractivity contribution is 6.36. The van der Waals surface area contributed by atoms with Crippen LogP contribution in [0.5, 0.6) is 0 Å². The minimum atomic E-state index is -4.40. The number of carbonyl (C=O) groups excluding carboxylic acids is 1. The molecule has 170 valence electrons. The monoisotopic (exact) mass is 485 g/mol. The van der Waals surface area contributed by atoms with Crippen molar-refractivity contribution >= 4 is 34.8 Å². The third-order valence-electron chi connectivity index (χ3n) is 4.71. The molecule has 10 heteroatoms. The second-order valence-corrected chi connectivity index (χ2v) is 7.98. The Hall–Kier alpha value is -2.55. The maximum Gasteiger partial charge on any atom is 0.411 e. The number of nitrogens with zero attached hydrogens (tertiary/aromatic N) is 2. The van der Waals surface area contributed by atoms with Crippen molar-refractivity contribution in [3.8, 4) is 0 Å². The van der Waals surface area contributed by atoms with E-state index in [1.165, 1.54) is 6.07 Å². The minimum Gasteiger partial charge on any atom is -0.367 e. The molecular weight excluding hydrogens is 466 g/mol. The number of aromatic nitrogens is 2. The zero-order chi connectivity index (χ0) is 23.5. The summed E-state index contributed by atoms with van der Waals surface area (Å²) in [7, 11) is 0. The Morgan fingerprint density at radius 2 is 1.78 bits per heavy atom. The Morgan fingerprint density at radius 1 is 1.12 bits per heavy atom. The Bertz CT molecular complexity index is 1110. The summed E-state index contributed by atoms with van der Waals surface area (Å²) < 4.78 is 43.1. The Balaban J connectivity index is 1.74. The molecule has 0 fully saturated rings. The van der Waals surface area contributed by atoms with Crippen molar-refractivity contribution in [1.29, 1.82) is 0 Å². The van der Waals surface area contributed by atoms with Crippen molar-refractivity contribution < 1.29 is 22.7 Å². The normalized spacial score (nSPS) is 11.6. The summed E-state index contributed by atoms with van der Waals surface area (Å²) in [4.78, 5) is 12.8. The van der Waals surface area contributed by atoms with Crippen LogP contribution in [-0.4, -0.2) is 28.5 Å². The van der Waals surface area contributed by atoms with Crippen LogP contribution in [0.15, 0.2) is 42.5 Å². The zero-order valence-corrected chi connectivity index (χ0v) is 18.8. The van der Waals surface area contributed by atoms with Crippen molar-refractivity contribution in [3.63, 3.8) is 0 Å². The summed E-state index contributed by atoms with van der Waals surface area (Å²) in [5, 5.41) is 8.33. The molecule has 0 aliphatic carbocycles. The van der Waals surface area contributed by atoms with Gasteiger partial charge in [0.25, 0.3) is 5.91 Å². The molecule has 0 saturated carbocycles. The largest absolute Gasteiger partial charge is 0.411 e. The highest BCUT2D eigenvalue weighted by Crippen LogP contribution is 2.28. The van der Waals surface area contributed by atoms with Crippen molar-refractivity contribution in [3.05, 3.63) is 80.6 Å². The fraction of sp³-hybridized carbons (Fsp3) is 0.273. The first-order valence-electron chi connectivity index (χ1n) is 9.57. The molecule has 0 unspecified atom stereocenters. The molecule has 0 atom stereocenters. The summed E-state index contributed by atoms with van der Waals surface area (Å²) in [6.45, 7) is 2.29. The Morgan fingerprint density at radius 3 is 2.44 bits per heavy atom. The van der Waals surface area contributed by atoms with Crippen LogP contribution >= 0.6 is 23.2 Å². The number of carbonyl (C=O) groups is 1. The second kappa shape index (κ2) is 9.94. The molecule has 0 spiro atoms. The summed E-state index contributed by atoms with van der Waals surface area (Å²) >= 11 is 12.5. The predicted molar refractivity (Wildman–Crippen MR) is 117 cm³/mol. The molecule has 3 rings (SSSR count). The van der Waals surface area contributed by atoms with Gasteiger partial charge in [0, 0.05) is 21.2 Å². The Labute approximate surface area is 193 Å². The summed E-state index contributed by atoms with van der Waals surface area (Å²) in [6, 6.07) is 11.5. The number of amides is 1. The van der Waals surface area contributed by atoms with Crippen molar-refractivity contribution in [2.24, 2.45) is 0 Å². The molecule has 1 aromatic heterocycles. The first kappa shape index (κ1) is 24.1. The van der Waals surface area contributed by atoms with Gasteiger partial charge in [-0.05, 0) is 43.7 Å². The lowest BCUT2D eigenvalue weighted by Crippen LogP contribution is -2.17. The number of aryl methyl sites for hydroxylation is 1. The maximum atomic E-state index is 12.8. The lowest BCUT2D eigenvalue weighted by atomic mass is 10.1. The molecule has 32 heavy (non-hydrogen) atoms. The fourth-order valence-corrected chi connectivity index (χ4v) is 3.65. The number of benzene rings is 2. The first-order valence-corrected chi connectivity index (χ1v) is 10.3. The summed E-state index contributed by atoms with van der Waals surface area (Å²) in [6.07, 6.45) is -4.40. The van der Waals surface area contributed by atoms with Crippen LogP contribution in [0, 0.1) is 13.8 Å². The first-order chi connectivity index (χ1) is 15.0. The van der Waals surface area contributed by atoms with E-state index in [0.29, 0.717) is 50.4 Å². The van der Waals surface area contributed by atoms with E-state index in [9.17, 15) is 18.0 Å². The minimum absolute atomic E-state index is 0.255. The number of nitrogens with one attached hydrogen (secondary N) is 1. The van der Waals surface area contributed by atoms with Crippen LogP contribution in [-0.2, 0) is 17.9 Å². The number of alkyl halides is 3. The maximum absolute atomic E-state index is 12.8. The summed E-state index contributed by atoms with van der Waals surface area (Å²) in [5.74, 6) is -0.413. The topological polar surface area (TPSA) is 56.2 Å². The third-order valence-corrected chi connectivity index (χ3v) is 5.42. The quantitative estimate of drug-likeness (QED) is 0.434. The lowest BCUT2D eigenvalue weighted by Gasteiger charge is -2.11. The van der Waals surface area contributed by atoms with E-state index in [4.69, 9.17) is 23.2 Å². The molecule has 2 aromatic carbocycles. The van der Waals surface area contributed by atoms with Gasteiger partial charge in [0.2, 0.25) is 0 Å². The van der Waals surface area contributed by atoms with E-state index in [0.717, 1.165) is 0 Å². The number of hydrogen-bond acceptors (Lipinski definition) is 3. The molecule has 0 aliphatic rings. The van der Waals surface area contributed by atoms with Crippen LogP contribution in [0.2, 0.25) is 10.0 Å². The number of hydrogen-bond donors (Lipinski definition) is 1. The predicted octanol–water partition coefficient (Wildman–Crippen LogP) is 6.19. The van der Waals surface area contributed by atoms with Crippen LogP contribution in [0.25, 0.3) is 0 Å². The van der Waals surface area contributed by atoms with Crippen LogP contribution in [0.4, 0.5) is 18.9 Å². The van der Waals surface area contributed by atoms with E-state index in [-0.39, 0.29) is 6.61 Å². The SMILES string of the molecule is Cc1nn(Cc2c(Cl)cccc2Cl)c(C)c1NC(=O)c1cccc(COCC(F)(F)F)c1. The molecule has 0 saturated heterocycles. The van der Waals surface area contributed by atoms with Gasteiger partial charge in [0.05, 0.1) is 30.2 Å². The average Bonchev–Trinajstić information content (AvgIpc) is 2.97. The van der Waals surface area contributed by atoms with Gasteiger partial charge in [0.15, 0.2) is 0 Å². The summed E-state index contributed by atoms with van der Waals surface area (Å²) in [5.41, 5.74) is 3.31. The number of rotatable bonds is 7. The van der Waals surface area contributed by atoms with Gasteiger partial charge in [-0.1, -0.05) is 41.4 Å². The van der Waals surface area contributed by atoms with E-state index in [2.05, 4.69) is 15.2 Å². The molecule has 1 heterocycles. The van der Waals surface area contributed by atoms with Gasteiger partial charge in [-0.3, -0.25) is 9.48 Å². The average molecular weight is 486 g/mol. The zero-order valence-electron chi connectivity index (χ0n) is 17.3. The molecule has 0 radical (unpaired) electrons. The number of anilines is 1. The van der Waals surface area contributed by atoms with E-state index >= 15 is 0 Å². The third kappa shape index (κ3) is 6.03. The molecule has 5 nitrogen and oxygen atoms in total. The number of halogens is 5. The Kier molecular flexibility index (Phi) is 7.48. The van der Waals surface area contributed by atoms with Crippen LogP contribution in [0.3, 0.4) is 0 Å². The molecular formula is C22H20Cl2F3N3O2. The second-order valence-electron chi connectivity index (χ2n) is 7.17. The molecule has 1 amide bonds. The number of ether oxygens (including phenoxy) is 1. The fourth-order valence-electron chi connectivity index (χ4n) is 3.14. The lowest BCUT2D eigenvalue weighted by molar-refractivity contribution is -0.176. The van der Waals surface area contributed by atoms with Crippen molar-refractivity contribution in [2.45, 2.75) is 33.2 Å². The van der Waals surface area contributed by atoms with E-state index in [1.54, 1.807) is 48.0 Å². The smallest absolute Gasteiger partial charge is 0.367 e. The van der Waals surface area contributed by atoms with E-state index < -0.39 is 18.7 Å². The molecule has 1 N–H and O–H groups in total. The van der Waals surface area contributed by atoms with Crippen molar-refractivity contribution in [1.82, 2.24) is 9.78 Å². The standard InChI is InChI=1S/C22H20Cl2F3N3O2/c1-13-20(14(2)30(29-13)10-17-18(23)7-4-8-19(17)24)28-21(31)16-6-3-5-15(9-16)11-32-12-22(25,26)27/h3-9H,10-12H2,1-2H3,(H,28,31). The van der Waals surface area contributed by atoms with Crippen LogP contribution in [0.1, 0.15) is 32.9 Å². The van der Waals surface area contributed by atoms with Gasteiger partial charge >= 0.3 is 6.18 Å². The highest BCUT2D eigenvalue weighted by Gasteiger charge is 2.27. The van der Waals surface area contributed by atoms with Gasteiger partial charge < -0.3 is 10.1 Å². The van der Waals surface area contributed by atoms with E-state index in [1.807, 2.05) is 6.92 Å². The van der Waals surface area contributed by atoms with Gasteiger partial charge in [-0.15, -0.1) is 0 Å². The van der Waals surface area contributed by atoms with Crippen LogP contribution < -0.4 is 5.32 Å². The molecule has 0 aliphatic heterocycles. The van der Waals surface area contributed by atoms with Gasteiger partial charge in [-0.2, -0.15) is 18.3 Å². The molecule has 0 bridgehead atoms. The highest BCUT2D eigenvalue weighted by atomic mass is 35.5. The van der Waals surface area contributed by atoms with Gasteiger partial charge in [0.1, 0.15) is 6.61 Å². The van der Waals surface area contributed by atoms with Gasteiger partial charge in [-0.25, -0.2) is 0 Å². The molecule has 3 aromatic rings.